The molecule has 186 valence electrons. The van der Waals surface area contributed by atoms with Crippen LogP contribution >= 0.6 is 15.2 Å². The van der Waals surface area contributed by atoms with E-state index in [1.165, 1.54) is 38.5 Å². The van der Waals surface area contributed by atoms with Gasteiger partial charge in [0.15, 0.2) is 0 Å². The molecular formula is C29H60P2. The second kappa shape index (κ2) is 11.5. The molecule has 0 nitrogen and oxygen atoms in total. The van der Waals surface area contributed by atoms with Crippen molar-refractivity contribution in [2.45, 2.75) is 151 Å². The first kappa shape index (κ1) is 29.9. The lowest BCUT2D eigenvalue weighted by molar-refractivity contribution is 0.224. The highest BCUT2D eigenvalue weighted by molar-refractivity contribution is 8.31. The smallest absolute Gasteiger partial charge is 0.0134 e. The fourth-order valence-electron chi connectivity index (χ4n) is 7.15. The fourth-order valence-corrected chi connectivity index (χ4v) is 22.1. The Morgan fingerprint density at radius 2 is 0.935 bits per heavy atom. The Labute approximate surface area is 201 Å². The van der Waals surface area contributed by atoms with Gasteiger partial charge >= 0.3 is 0 Å². The van der Waals surface area contributed by atoms with Crippen molar-refractivity contribution >= 4 is 15.2 Å². The zero-order chi connectivity index (χ0) is 23.0. The molecule has 2 saturated carbocycles. The van der Waals surface area contributed by atoms with E-state index in [0.717, 1.165) is 46.8 Å². The molecule has 0 heterocycles. The van der Waals surface area contributed by atoms with Crippen LogP contribution in [0.3, 0.4) is 0 Å². The summed E-state index contributed by atoms with van der Waals surface area (Å²) in [7, 11) is 0.00354. The average molecular weight is 471 g/mol. The molecule has 0 aromatic heterocycles. The molecule has 0 saturated heterocycles. The summed E-state index contributed by atoms with van der Waals surface area (Å²) in [5.74, 6) is 5.50. The standard InChI is InChI=1S/C28H56P2.CH4/c1-19(2)23-15-13-21(5)17-25(23)29(30(27(7,8)9)28(10,11)12)26-18-22(6)14-16-24(26)20(3)4;/h19-26H,13-18H2,1-12H3;1H4. The van der Waals surface area contributed by atoms with Crippen molar-refractivity contribution in [3.05, 3.63) is 0 Å². The monoisotopic (exact) mass is 470 g/mol. The van der Waals surface area contributed by atoms with Crippen LogP contribution in [0.15, 0.2) is 0 Å². The van der Waals surface area contributed by atoms with Crippen molar-refractivity contribution in [2.24, 2.45) is 35.5 Å². The van der Waals surface area contributed by atoms with Crippen molar-refractivity contribution in [2.75, 3.05) is 0 Å². The van der Waals surface area contributed by atoms with Gasteiger partial charge in [-0.2, -0.15) is 0 Å². The molecule has 0 bridgehead atoms. The van der Waals surface area contributed by atoms with Crippen LogP contribution in [0.2, 0.25) is 0 Å². The van der Waals surface area contributed by atoms with Gasteiger partial charge in [-0.3, -0.25) is 0 Å². The Hall–Kier alpha value is 0.860. The molecule has 0 aromatic carbocycles. The van der Waals surface area contributed by atoms with Crippen LogP contribution in [0, 0.1) is 35.5 Å². The highest BCUT2D eigenvalue weighted by atomic mass is 32.1. The topological polar surface area (TPSA) is 0 Å². The number of hydrogen-bond acceptors (Lipinski definition) is 0. The van der Waals surface area contributed by atoms with Gasteiger partial charge in [-0.25, -0.2) is 0 Å². The van der Waals surface area contributed by atoms with E-state index >= 15 is 0 Å². The molecule has 2 rings (SSSR count). The third kappa shape index (κ3) is 7.42. The highest BCUT2D eigenvalue weighted by Crippen LogP contribution is 2.87. The predicted octanol–water partition coefficient (Wildman–Crippen LogP) is 11.0. The second-order valence-corrected chi connectivity index (χ2v) is 21.8. The van der Waals surface area contributed by atoms with Gasteiger partial charge in [-0.1, -0.05) is 119 Å². The van der Waals surface area contributed by atoms with Gasteiger partial charge in [0.2, 0.25) is 0 Å². The molecule has 0 spiro atoms. The highest BCUT2D eigenvalue weighted by Gasteiger charge is 2.51. The van der Waals surface area contributed by atoms with Crippen LogP contribution < -0.4 is 0 Å². The van der Waals surface area contributed by atoms with Crippen molar-refractivity contribution in [1.82, 2.24) is 0 Å². The minimum Gasteiger partial charge on any atom is -0.0776 e. The average Bonchev–Trinajstić information content (AvgIpc) is 2.56. The molecule has 6 atom stereocenters. The van der Waals surface area contributed by atoms with E-state index in [1.807, 2.05) is 0 Å². The molecule has 2 heteroatoms. The Kier molecular flexibility index (Phi) is 11.1. The molecule has 2 aliphatic carbocycles. The van der Waals surface area contributed by atoms with Crippen LogP contribution in [0.1, 0.15) is 129 Å². The minimum absolute atomic E-state index is 0. The van der Waals surface area contributed by atoms with Crippen LogP contribution in [0.25, 0.3) is 0 Å². The lowest BCUT2D eigenvalue weighted by Gasteiger charge is -2.58. The first-order chi connectivity index (χ1) is 13.6. The van der Waals surface area contributed by atoms with Crippen LogP contribution in [-0.2, 0) is 0 Å². The first-order valence-corrected chi connectivity index (χ1v) is 16.8. The molecule has 0 radical (unpaired) electrons. The lowest BCUT2D eigenvalue weighted by Crippen LogP contribution is -2.40. The maximum Gasteiger partial charge on any atom is -0.0134 e. The van der Waals surface area contributed by atoms with E-state index in [2.05, 4.69) is 83.1 Å². The maximum atomic E-state index is 2.60. The summed E-state index contributed by atoms with van der Waals surface area (Å²) in [6.45, 7) is 30.9. The summed E-state index contributed by atoms with van der Waals surface area (Å²) in [6, 6.07) is 0. The van der Waals surface area contributed by atoms with Gasteiger partial charge in [0, 0.05) is 0 Å². The molecule has 0 N–H and O–H groups in total. The summed E-state index contributed by atoms with van der Waals surface area (Å²) >= 11 is 0. The van der Waals surface area contributed by atoms with Gasteiger partial charge in [-0.05, 0) is 82.8 Å². The van der Waals surface area contributed by atoms with E-state index < -0.39 is 0 Å². The van der Waals surface area contributed by atoms with Gasteiger partial charge in [-0.15, -0.1) is 0 Å². The summed E-state index contributed by atoms with van der Waals surface area (Å²) in [5, 5.41) is 0.896. The van der Waals surface area contributed by atoms with Crippen molar-refractivity contribution in [1.29, 1.82) is 0 Å². The Morgan fingerprint density at radius 3 is 1.19 bits per heavy atom. The van der Waals surface area contributed by atoms with Crippen molar-refractivity contribution in [3.63, 3.8) is 0 Å². The first-order valence-electron chi connectivity index (χ1n) is 13.2. The van der Waals surface area contributed by atoms with E-state index in [4.69, 9.17) is 0 Å². The quantitative estimate of drug-likeness (QED) is 0.350. The summed E-state index contributed by atoms with van der Waals surface area (Å²) in [4.78, 5) is 0. The molecule has 0 aliphatic heterocycles. The van der Waals surface area contributed by atoms with E-state index in [1.54, 1.807) is 0 Å². The summed E-state index contributed by atoms with van der Waals surface area (Å²) in [6.07, 6.45) is 8.98. The molecule has 31 heavy (non-hydrogen) atoms. The Balaban J connectivity index is 0.00000480. The van der Waals surface area contributed by atoms with Crippen LogP contribution in [-0.4, -0.2) is 21.6 Å². The van der Waals surface area contributed by atoms with Gasteiger partial charge in [0.1, 0.15) is 0 Å². The maximum absolute atomic E-state index is 2.60. The Bertz CT molecular complexity index is 478. The number of hydrogen-bond donors (Lipinski definition) is 0. The van der Waals surface area contributed by atoms with Crippen molar-refractivity contribution < 1.29 is 0 Å². The molecule has 0 aromatic rings. The van der Waals surface area contributed by atoms with Gasteiger partial charge in [0.05, 0.1) is 0 Å². The van der Waals surface area contributed by atoms with Crippen LogP contribution in [0.5, 0.6) is 0 Å². The SMILES string of the molecule is C.CC1CCC(C(C)C)C(P(C2CC(C)CCC2C(C)C)P(C(C)(C)C)C(C)(C)C)C1. The third-order valence-corrected chi connectivity index (χ3v) is 20.5. The van der Waals surface area contributed by atoms with E-state index in [9.17, 15) is 0 Å². The van der Waals surface area contributed by atoms with Gasteiger partial charge < -0.3 is 0 Å². The van der Waals surface area contributed by atoms with E-state index in [-0.39, 0.29) is 22.6 Å². The normalized spacial score (nSPS) is 34.2. The molecule has 2 fully saturated rings. The van der Waals surface area contributed by atoms with Gasteiger partial charge in [0.25, 0.3) is 0 Å². The minimum atomic E-state index is -0.0280. The fraction of sp³-hybridized carbons (Fsp3) is 1.00. The van der Waals surface area contributed by atoms with Crippen molar-refractivity contribution in [3.8, 4) is 0 Å². The largest absolute Gasteiger partial charge is 0.0776 e. The summed E-state index contributed by atoms with van der Waals surface area (Å²) in [5.41, 5.74) is 2.01. The Morgan fingerprint density at radius 1 is 0.613 bits per heavy atom. The molecular weight excluding hydrogens is 410 g/mol. The number of rotatable bonds is 5. The zero-order valence-electron chi connectivity index (χ0n) is 22.8. The van der Waals surface area contributed by atoms with Crippen LogP contribution in [0.4, 0.5) is 0 Å². The second-order valence-electron chi connectivity index (χ2n) is 13.8. The third-order valence-electron chi connectivity index (χ3n) is 8.16. The summed E-state index contributed by atoms with van der Waals surface area (Å²) < 4.78 is 0. The lowest BCUT2D eigenvalue weighted by atomic mass is 9.76. The van der Waals surface area contributed by atoms with E-state index in [0.29, 0.717) is 10.3 Å². The predicted molar refractivity (Wildman–Crippen MR) is 150 cm³/mol. The molecule has 2 aliphatic rings. The molecule has 0 amide bonds. The molecule has 6 unspecified atom stereocenters. The zero-order valence-corrected chi connectivity index (χ0v) is 24.5.